The molecule has 0 saturated heterocycles. The summed E-state index contributed by atoms with van der Waals surface area (Å²) in [5, 5.41) is 2.50. The minimum absolute atomic E-state index is 0.0874. The van der Waals surface area contributed by atoms with Gasteiger partial charge in [0.1, 0.15) is 23.2 Å². The molecule has 0 radical (unpaired) electrons. The van der Waals surface area contributed by atoms with Crippen molar-refractivity contribution in [3.63, 3.8) is 0 Å². The number of hydrogen-bond donors (Lipinski definition) is 1. The van der Waals surface area contributed by atoms with Crippen LogP contribution in [0.4, 0.5) is 0 Å². The second-order valence-corrected chi connectivity index (χ2v) is 9.98. The molecule has 0 aliphatic carbocycles. The number of hydrogen-bond acceptors (Lipinski definition) is 4. The highest BCUT2D eigenvalue weighted by Crippen LogP contribution is 2.30. The van der Waals surface area contributed by atoms with E-state index < -0.39 is 0 Å². The number of benzene rings is 3. The first kappa shape index (κ1) is 24.9. The number of unbranched alkanes of at least 4 members (excludes halogenated alkanes) is 1. The van der Waals surface area contributed by atoms with Crippen molar-refractivity contribution in [3.05, 3.63) is 94.8 Å². The van der Waals surface area contributed by atoms with Gasteiger partial charge in [0, 0.05) is 40.6 Å². The van der Waals surface area contributed by atoms with E-state index in [0.29, 0.717) is 0 Å². The first-order chi connectivity index (χ1) is 18.1. The monoisotopic (exact) mass is 492 g/mol. The number of H-pyrrole nitrogens is 1. The van der Waals surface area contributed by atoms with Gasteiger partial charge in [-0.25, -0.2) is 15.0 Å². The van der Waals surface area contributed by atoms with Gasteiger partial charge in [0.15, 0.2) is 0 Å². The Morgan fingerprint density at radius 2 is 1.57 bits per heavy atom. The number of nitrogens with one attached hydrogen (secondary N) is 1. The zero-order valence-electron chi connectivity index (χ0n) is 22.3. The number of methoxy groups -OCH3 is 1. The number of ether oxygens (including phenoxy) is 1. The molecule has 0 amide bonds. The van der Waals surface area contributed by atoms with Gasteiger partial charge in [-0.15, -0.1) is 0 Å². The summed E-state index contributed by atoms with van der Waals surface area (Å²) in [5.41, 5.74) is 6.04. The molecule has 3 aromatic carbocycles. The molecule has 0 saturated carbocycles. The predicted molar refractivity (Wildman–Crippen MR) is 152 cm³/mol. The van der Waals surface area contributed by atoms with Crippen molar-refractivity contribution in [2.45, 2.75) is 65.2 Å². The second-order valence-electron chi connectivity index (χ2n) is 9.98. The molecule has 5 rings (SSSR count). The summed E-state index contributed by atoms with van der Waals surface area (Å²) < 4.78 is 5.40. The van der Waals surface area contributed by atoms with Crippen LogP contribution in [0.5, 0.6) is 5.75 Å². The van der Waals surface area contributed by atoms with E-state index in [0.717, 1.165) is 67.3 Å². The average molecular weight is 493 g/mol. The topological polar surface area (TPSA) is 63.7 Å². The largest absolute Gasteiger partial charge is 0.496 e. The summed E-state index contributed by atoms with van der Waals surface area (Å²) >= 11 is 0. The van der Waals surface area contributed by atoms with Crippen LogP contribution in [0.1, 0.15) is 73.2 Å². The number of rotatable bonds is 10. The third-order valence-electron chi connectivity index (χ3n) is 7.24. The SMILES string of the molecule is CCCCc1nc(CCCc2ccc(OC)c(C)c2)nc(C(C)c2ccc3[nH]c4ccccc4c3c2)n1. The third-order valence-corrected chi connectivity index (χ3v) is 7.24. The third kappa shape index (κ3) is 5.51. The van der Waals surface area contributed by atoms with Crippen LogP contribution in [-0.4, -0.2) is 27.0 Å². The smallest absolute Gasteiger partial charge is 0.139 e. The normalized spacial score (nSPS) is 12.3. The van der Waals surface area contributed by atoms with Crippen LogP contribution in [0.3, 0.4) is 0 Å². The molecule has 0 aliphatic heterocycles. The lowest BCUT2D eigenvalue weighted by molar-refractivity contribution is 0.411. The summed E-state index contributed by atoms with van der Waals surface area (Å²) in [6.07, 6.45) is 5.93. The maximum absolute atomic E-state index is 5.40. The van der Waals surface area contributed by atoms with Crippen LogP contribution in [0.2, 0.25) is 0 Å². The number of nitrogens with zero attached hydrogens (tertiary/aromatic N) is 3. The standard InChI is InChI=1S/C32H36N4O/c1-5-6-13-30-34-31(14-9-10-23-15-18-29(37-4)21(2)19-23)36-32(35-30)22(3)24-16-17-28-26(20-24)25-11-7-8-12-27(25)33-28/h7-8,11-12,15-20,22,33H,5-6,9-10,13-14H2,1-4H3. The molecular weight excluding hydrogens is 456 g/mol. The van der Waals surface area contributed by atoms with Crippen molar-refractivity contribution in [1.29, 1.82) is 0 Å². The molecule has 5 aromatic rings. The molecule has 0 bridgehead atoms. The molecule has 2 aromatic heterocycles. The summed E-state index contributed by atoms with van der Waals surface area (Å²) in [5.74, 6) is 3.72. The lowest BCUT2D eigenvalue weighted by atomic mass is 9.98. The van der Waals surface area contributed by atoms with Crippen molar-refractivity contribution in [3.8, 4) is 5.75 Å². The average Bonchev–Trinajstić information content (AvgIpc) is 3.29. The van der Waals surface area contributed by atoms with Crippen molar-refractivity contribution >= 4 is 21.8 Å². The quantitative estimate of drug-likeness (QED) is 0.219. The molecule has 0 fully saturated rings. The molecule has 190 valence electrons. The molecular formula is C32H36N4O. The predicted octanol–water partition coefficient (Wildman–Crippen LogP) is 7.49. The van der Waals surface area contributed by atoms with Gasteiger partial charge in [-0.3, -0.25) is 0 Å². The second kappa shape index (κ2) is 11.1. The van der Waals surface area contributed by atoms with Crippen molar-refractivity contribution in [1.82, 2.24) is 19.9 Å². The van der Waals surface area contributed by atoms with Gasteiger partial charge in [-0.2, -0.15) is 0 Å². The Morgan fingerprint density at radius 3 is 2.32 bits per heavy atom. The van der Waals surface area contributed by atoms with Crippen LogP contribution in [-0.2, 0) is 19.3 Å². The molecule has 1 N–H and O–H groups in total. The van der Waals surface area contributed by atoms with Gasteiger partial charge < -0.3 is 9.72 Å². The molecule has 2 heterocycles. The van der Waals surface area contributed by atoms with E-state index in [1.165, 1.54) is 33.0 Å². The fourth-order valence-electron chi connectivity index (χ4n) is 5.07. The summed E-state index contributed by atoms with van der Waals surface area (Å²) in [7, 11) is 1.72. The highest BCUT2D eigenvalue weighted by Gasteiger charge is 2.17. The minimum atomic E-state index is 0.0874. The zero-order valence-corrected chi connectivity index (χ0v) is 22.3. The minimum Gasteiger partial charge on any atom is -0.496 e. The van der Waals surface area contributed by atoms with Crippen LogP contribution < -0.4 is 4.74 Å². The van der Waals surface area contributed by atoms with Crippen LogP contribution >= 0.6 is 0 Å². The Kier molecular flexibility index (Phi) is 7.50. The van der Waals surface area contributed by atoms with Gasteiger partial charge in [0.2, 0.25) is 0 Å². The molecule has 5 heteroatoms. The Hall–Kier alpha value is -3.73. The van der Waals surface area contributed by atoms with E-state index in [-0.39, 0.29) is 5.92 Å². The van der Waals surface area contributed by atoms with Crippen LogP contribution in [0, 0.1) is 6.92 Å². The first-order valence-corrected chi connectivity index (χ1v) is 13.4. The zero-order chi connectivity index (χ0) is 25.8. The Balaban J connectivity index is 1.39. The molecule has 0 spiro atoms. The van der Waals surface area contributed by atoms with Crippen LogP contribution in [0.25, 0.3) is 21.8 Å². The fourth-order valence-corrected chi connectivity index (χ4v) is 5.07. The van der Waals surface area contributed by atoms with E-state index in [2.05, 4.69) is 86.4 Å². The number of fused-ring (bicyclic) bond motifs is 3. The van der Waals surface area contributed by atoms with Crippen LogP contribution in [0.15, 0.2) is 60.7 Å². The Morgan fingerprint density at radius 1 is 0.811 bits per heavy atom. The van der Waals surface area contributed by atoms with Gasteiger partial charge in [-0.05, 0) is 67.1 Å². The van der Waals surface area contributed by atoms with E-state index in [1.54, 1.807) is 7.11 Å². The lowest BCUT2D eigenvalue weighted by Crippen LogP contribution is -2.11. The molecule has 5 nitrogen and oxygen atoms in total. The molecule has 1 atom stereocenters. The molecule has 37 heavy (non-hydrogen) atoms. The van der Waals surface area contributed by atoms with Crippen molar-refractivity contribution < 1.29 is 4.74 Å². The van der Waals surface area contributed by atoms with E-state index in [1.807, 2.05) is 0 Å². The van der Waals surface area contributed by atoms with E-state index in [9.17, 15) is 0 Å². The fraction of sp³-hybridized carbons (Fsp3) is 0.344. The van der Waals surface area contributed by atoms with Gasteiger partial charge in [0.05, 0.1) is 7.11 Å². The van der Waals surface area contributed by atoms with Gasteiger partial charge in [-0.1, -0.05) is 56.7 Å². The summed E-state index contributed by atoms with van der Waals surface area (Å²) in [6.45, 7) is 6.51. The van der Waals surface area contributed by atoms with Gasteiger partial charge >= 0.3 is 0 Å². The highest BCUT2D eigenvalue weighted by atomic mass is 16.5. The lowest BCUT2D eigenvalue weighted by Gasteiger charge is -2.14. The maximum Gasteiger partial charge on any atom is 0.139 e. The number of aromatic nitrogens is 4. The Labute approximate surface area is 219 Å². The highest BCUT2D eigenvalue weighted by molar-refractivity contribution is 6.07. The number of aryl methyl sites for hydroxylation is 4. The van der Waals surface area contributed by atoms with Gasteiger partial charge in [0.25, 0.3) is 0 Å². The molecule has 1 unspecified atom stereocenters. The van der Waals surface area contributed by atoms with E-state index in [4.69, 9.17) is 19.7 Å². The number of para-hydroxylation sites is 1. The van der Waals surface area contributed by atoms with Crippen molar-refractivity contribution in [2.75, 3.05) is 7.11 Å². The summed E-state index contributed by atoms with van der Waals surface area (Å²) in [6, 6.07) is 21.6. The maximum atomic E-state index is 5.40. The van der Waals surface area contributed by atoms with E-state index >= 15 is 0 Å². The van der Waals surface area contributed by atoms with Crippen molar-refractivity contribution in [2.24, 2.45) is 0 Å². The Bertz CT molecular complexity index is 1520. The first-order valence-electron chi connectivity index (χ1n) is 13.4. The summed E-state index contributed by atoms with van der Waals surface area (Å²) in [4.78, 5) is 18.3. The molecule has 0 aliphatic rings. The number of aromatic amines is 1.